The fourth-order valence-corrected chi connectivity index (χ4v) is 3.52. The number of carbonyl (C=O) groups excluding carboxylic acids is 2. The summed E-state index contributed by atoms with van der Waals surface area (Å²) < 4.78 is 0. The maximum atomic E-state index is 12.6. The molecule has 2 aromatic rings. The number of amides is 2. The van der Waals surface area contributed by atoms with Crippen molar-refractivity contribution in [3.63, 3.8) is 0 Å². The topological polar surface area (TPSA) is 73.2 Å². The van der Waals surface area contributed by atoms with Crippen LogP contribution < -0.4 is 10.2 Å². The van der Waals surface area contributed by atoms with Gasteiger partial charge in [-0.15, -0.1) is 0 Å². The second-order valence-corrected chi connectivity index (χ2v) is 7.23. The van der Waals surface area contributed by atoms with E-state index in [1.165, 1.54) is 0 Å². The molecule has 144 valence electrons. The zero-order chi connectivity index (χ0) is 19.9. The highest BCUT2D eigenvalue weighted by atomic mass is 16.2. The maximum absolute atomic E-state index is 12.6. The molecule has 0 saturated carbocycles. The number of nitrogens with zero attached hydrogens (tertiary/aromatic N) is 2. The number of carbonyl (C=O) groups is 2. The minimum absolute atomic E-state index is 0.0124. The number of hydrogen-bond acceptors (Lipinski definition) is 3. The number of unbranched alkanes of at least 4 members (excludes halogenated alkanes) is 1. The van der Waals surface area contributed by atoms with E-state index in [0.717, 1.165) is 22.5 Å². The summed E-state index contributed by atoms with van der Waals surface area (Å²) in [5.41, 5.74) is 3.85. The van der Waals surface area contributed by atoms with Gasteiger partial charge in [-0.3, -0.25) is 9.59 Å². The first-order valence-electron chi connectivity index (χ1n) is 9.73. The Hall–Kier alpha value is -3.13. The Kier molecular flexibility index (Phi) is 6.44. The van der Waals surface area contributed by atoms with E-state index in [0.29, 0.717) is 38.6 Å². The van der Waals surface area contributed by atoms with Gasteiger partial charge in [-0.1, -0.05) is 37.3 Å². The van der Waals surface area contributed by atoms with E-state index in [9.17, 15) is 9.59 Å². The smallest absolute Gasteiger partial charge is 0.227 e. The van der Waals surface area contributed by atoms with Gasteiger partial charge >= 0.3 is 0 Å². The molecule has 1 aliphatic heterocycles. The van der Waals surface area contributed by atoms with Crippen molar-refractivity contribution < 1.29 is 9.59 Å². The van der Waals surface area contributed by atoms with Crippen molar-refractivity contribution in [2.75, 3.05) is 16.8 Å². The molecule has 1 aliphatic rings. The minimum atomic E-state index is -0.137. The normalized spacial score (nSPS) is 14.1. The lowest BCUT2D eigenvalue weighted by Crippen LogP contribution is -2.36. The lowest BCUT2D eigenvalue weighted by atomic mass is 9.98. The lowest BCUT2D eigenvalue weighted by Gasteiger charge is -2.29. The molecule has 5 heteroatoms. The molecule has 3 rings (SSSR count). The zero-order valence-electron chi connectivity index (χ0n) is 16.1. The van der Waals surface area contributed by atoms with Crippen LogP contribution in [0, 0.1) is 17.2 Å². The van der Waals surface area contributed by atoms with Gasteiger partial charge in [0.2, 0.25) is 11.8 Å². The summed E-state index contributed by atoms with van der Waals surface area (Å²) in [6, 6.07) is 17.8. The Morgan fingerprint density at radius 3 is 2.75 bits per heavy atom. The molecular formula is C23H25N3O2. The molecule has 0 bridgehead atoms. The predicted octanol–water partition coefficient (Wildman–Crippen LogP) is 4.09. The lowest BCUT2D eigenvalue weighted by molar-refractivity contribution is -0.120. The molecular weight excluding hydrogens is 350 g/mol. The van der Waals surface area contributed by atoms with Crippen molar-refractivity contribution in [1.82, 2.24) is 0 Å². The van der Waals surface area contributed by atoms with Crippen molar-refractivity contribution in [3.8, 4) is 6.07 Å². The number of benzene rings is 2. The molecule has 0 radical (unpaired) electrons. The molecule has 2 amide bonds. The van der Waals surface area contributed by atoms with Crippen molar-refractivity contribution in [3.05, 3.63) is 59.7 Å². The fourth-order valence-electron chi connectivity index (χ4n) is 3.52. The first-order chi connectivity index (χ1) is 13.6. The Balaban J connectivity index is 1.67. The highest BCUT2D eigenvalue weighted by Gasteiger charge is 2.24. The van der Waals surface area contributed by atoms with E-state index in [1.54, 1.807) is 4.90 Å². The molecule has 1 atom stereocenters. The number of nitriles is 1. The molecule has 1 heterocycles. The Labute approximate surface area is 166 Å². The van der Waals surface area contributed by atoms with Gasteiger partial charge < -0.3 is 10.2 Å². The van der Waals surface area contributed by atoms with Gasteiger partial charge in [-0.05, 0) is 48.6 Å². The number of hydrogen-bond donors (Lipinski definition) is 1. The SMILES string of the molecule is C[C@H](Cc1ccccc1)C(=O)Nc1ccc2c(c1)CCC(=O)N2CCCC#N. The summed E-state index contributed by atoms with van der Waals surface area (Å²) in [5.74, 6) is -0.0530. The van der Waals surface area contributed by atoms with Crippen LogP contribution in [0.2, 0.25) is 0 Å². The van der Waals surface area contributed by atoms with Gasteiger partial charge in [0.1, 0.15) is 0 Å². The van der Waals surface area contributed by atoms with Gasteiger partial charge in [-0.2, -0.15) is 5.26 Å². The van der Waals surface area contributed by atoms with Crippen molar-refractivity contribution >= 4 is 23.2 Å². The third-order valence-electron chi connectivity index (χ3n) is 5.05. The van der Waals surface area contributed by atoms with Crippen LogP contribution in [0.3, 0.4) is 0 Å². The second-order valence-electron chi connectivity index (χ2n) is 7.23. The second kappa shape index (κ2) is 9.18. The monoisotopic (exact) mass is 375 g/mol. The molecule has 0 aliphatic carbocycles. The summed E-state index contributed by atoms with van der Waals surface area (Å²) in [5, 5.41) is 11.7. The van der Waals surface area contributed by atoms with Crippen LogP contribution in [0.25, 0.3) is 0 Å². The highest BCUT2D eigenvalue weighted by Crippen LogP contribution is 2.30. The average molecular weight is 375 g/mol. The minimum Gasteiger partial charge on any atom is -0.326 e. The van der Waals surface area contributed by atoms with E-state index in [2.05, 4.69) is 11.4 Å². The summed E-state index contributed by atoms with van der Waals surface area (Å²) in [7, 11) is 0. The van der Waals surface area contributed by atoms with Gasteiger partial charge in [0.15, 0.2) is 0 Å². The van der Waals surface area contributed by atoms with Crippen LogP contribution >= 0.6 is 0 Å². The van der Waals surface area contributed by atoms with Crippen LogP contribution in [0.5, 0.6) is 0 Å². The standard InChI is InChI=1S/C23H25N3O2/c1-17(15-18-7-3-2-4-8-18)23(28)25-20-10-11-21-19(16-20)9-12-22(27)26(21)14-6-5-13-24/h2-4,7-8,10-11,16-17H,5-6,9,12,14-15H2,1H3,(H,25,28)/t17-/m1/s1. The molecule has 28 heavy (non-hydrogen) atoms. The first kappa shape index (κ1) is 19.6. The predicted molar refractivity (Wildman–Crippen MR) is 110 cm³/mol. The fraction of sp³-hybridized carbons (Fsp3) is 0.348. The number of fused-ring (bicyclic) bond motifs is 1. The first-order valence-corrected chi connectivity index (χ1v) is 9.73. The maximum Gasteiger partial charge on any atom is 0.227 e. The Morgan fingerprint density at radius 1 is 1.21 bits per heavy atom. The van der Waals surface area contributed by atoms with Gasteiger partial charge in [0.05, 0.1) is 6.07 Å². The summed E-state index contributed by atoms with van der Waals surface area (Å²) in [6.45, 7) is 2.48. The molecule has 0 spiro atoms. The van der Waals surface area contributed by atoms with Gasteiger partial charge in [-0.25, -0.2) is 0 Å². The Morgan fingerprint density at radius 2 is 2.00 bits per heavy atom. The van der Waals surface area contributed by atoms with Crippen LogP contribution in [0.4, 0.5) is 11.4 Å². The number of nitrogens with one attached hydrogen (secondary N) is 1. The van der Waals surface area contributed by atoms with E-state index < -0.39 is 0 Å². The molecule has 2 aromatic carbocycles. The van der Waals surface area contributed by atoms with E-state index >= 15 is 0 Å². The van der Waals surface area contributed by atoms with E-state index in [4.69, 9.17) is 5.26 Å². The number of aryl methyl sites for hydroxylation is 1. The average Bonchev–Trinajstić information content (AvgIpc) is 2.70. The van der Waals surface area contributed by atoms with Crippen molar-refractivity contribution in [1.29, 1.82) is 5.26 Å². The summed E-state index contributed by atoms with van der Waals surface area (Å²) in [6.07, 6.45) is 2.93. The third-order valence-corrected chi connectivity index (χ3v) is 5.05. The Bertz CT molecular complexity index is 886. The molecule has 1 N–H and O–H groups in total. The van der Waals surface area contributed by atoms with Crippen LogP contribution in [0.15, 0.2) is 48.5 Å². The third kappa shape index (κ3) is 4.77. The van der Waals surface area contributed by atoms with Crippen molar-refractivity contribution in [2.24, 2.45) is 5.92 Å². The molecule has 0 fully saturated rings. The number of anilines is 2. The summed E-state index contributed by atoms with van der Waals surface area (Å²) >= 11 is 0. The van der Waals surface area contributed by atoms with Crippen LogP contribution in [-0.2, 0) is 22.4 Å². The molecule has 5 nitrogen and oxygen atoms in total. The summed E-state index contributed by atoms with van der Waals surface area (Å²) in [4.78, 5) is 26.6. The number of rotatable bonds is 7. The molecule has 0 unspecified atom stereocenters. The van der Waals surface area contributed by atoms with E-state index in [1.807, 2.05) is 55.5 Å². The zero-order valence-corrected chi connectivity index (χ0v) is 16.1. The van der Waals surface area contributed by atoms with Crippen molar-refractivity contribution in [2.45, 2.75) is 39.0 Å². The van der Waals surface area contributed by atoms with Gasteiger partial charge in [0.25, 0.3) is 0 Å². The molecule has 0 saturated heterocycles. The van der Waals surface area contributed by atoms with Crippen LogP contribution in [-0.4, -0.2) is 18.4 Å². The largest absolute Gasteiger partial charge is 0.326 e. The molecule has 0 aromatic heterocycles. The van der Waals surface area contributed by atoms with Crippen LogP contribution in [0.1, 0.15) is 37.3 Å². The highest BCUT2D eigenvalue weighted by molar-refractivity contribution is 5.98. The van der Waals surface area contributed by atoms with E-state index in [-0.39, 0.29) is 17.7 Å². The van der Waals surface area contributed by atoms with Gasteiger partial charge in [0, 0.05) is 36.7 Å². The quantitative estimate of drug-likeness (QED) is 0.741.